The number of nitro benzene ring substituents is 1. The Morgan fingerprint density at radius 2 is 2.10 bits per heavy atom. The van der Waals surface area contributed by atoms with E-state index in [1.54, 1.807) is 12.1 Å². The number of nitro groups is 1. The van der Waals surface area contributed by atoms with Crippen LogP contribution in [0.15, 0.2) is 50.4 Å². The summed E-state index contributed by atoms with van der Waals surface area (Å²) in [7, 11) is -4.02. The first-order valence-electron chi connectivity index (χ1n) is 5.36. The molecule has 1 N–H and O–H groups in total. The summed E-state index contributed by atoms with van der Waals surface area (Å²) in [5.74, 6) is 0.409. The molecule has 0 unspecified atom stereocenters. The van der Waals surface area contributed by atoms with Crippen LogP contribution in [0.4, 0.5) is 5.69 Å². The fraction of sp³-hybridized carbons (Fsp3) is 0.0909. The first kappa shape index (κ1) is 14.7. The number of benzene rings is 1. The minimum absolute atomic E-state index is 0.0843. The summed E-state index contributed by atoms with van der Waals surface area (Å²) in [4.78, 5) is 9.75. The number of furan rings is 1. The van der Waals surface area contributed by atoms with Crippen LogP contribution in [0.1, 0.15) is 5.76 Å². The van der Waals surface area contributed by atoms with Crippen LogP contribution in [-0.4, -0.2) is 13.3 Å². The van der Waals surface area contributed by atoms with Gasteiger partial charge in [0.2, 0.25) is 10.0 Å². The Labute approximate surface area is 122 Å². The molecule has 1 aromatic carbocycles. The molecule has 0 bridgehead atoms. The molecule has 0 aliphatic heterocycles. The van der Waals surface area contributed by atoms with E-state index >= 15 is 0 Å². The van der Waals surface area contributed by atoms with Crippen molar-refractivity contribution in [2.45, 2.75) is 11.4 Å². The Morgan fingerprint density at radius 3 is 2.70 bits per heavy atom. The number of hydrogen-bond acceptors (Lipinski definition) is 5. The molecule has 0 aliphatic carbocycles. The van der Waals surface area contributed by atoms with E-state index in [4.69, 9.17) is 4.42 Å². The normalized spacial score (nSPS) is 11.4. The molecule has 106 valence electrons. The number of nitrogens with one attached hydrogen (secondary N) is 1. The molecule has 0 atom stereocenters. The predicted molar refractivity (Wildman–Crippen MR) is 73.5 cm³/mol. The summed E-state index contributed by atoms with van der Waals surface area (Å²) >= 11 is 3.09. The van der Waals surface area contributed by atoms with Crippen LogP contribution in [0.3, 0.4) is 0 Å². The van der Waals surface area contributed by atoms with Crippen molar-refractivity contribution in [1.82, 2.24) is 4.72 Å². The summed E-state index contributed by atoms with van der Waals surface area (Å²) in [5.41, 5.74) is -0.486. The molecule has 1 heterocycles. The molecule has 0 radical (unpaired) electrons. The smallest absolute Gasteiger partial charge is 0.289 e. The Morgan fingerprint density at radius 1 is 1.35 bits per heavy atom. The van der Waals surface area contributed by atoms with Crippen molar-refractivity contribution in [1.29, 1.82) is 0 Å². The highest BCUT2D eigenvalue weighted by Crippen LogP contribution is 2.27. The maximum Gasteiger partial charge on any atom is 0.289 e. The van der Waals surface area contributed by atoms with Gasteiger partial charge in [-0.25, -0.2) is 13.1 Å². The highest BCUT2D eigenvalue weighted by atomic mass is 79.9. The molecule has 0 saturated carbocycles. The minimum Gasteiger partial charge on any atom is -0.468 e. The average Bonchev–Trinajstić information content (AvgIpc) is 2.89. The van der Waals surface area contributed by atoms with E-state index < -0.39 is 25.5 Å². The largest absolute Gasteiger partial charge is 0.468 e. The summed E-state index contributed by atoms with van der Waals surface area (Å²) in [6, 6.07) is 6.93. The second-order valence-electron chi connectivity index (χ2n) is 3.77. The fourth-order valence-corrected chi connectivity index (χ4v) is 3.21. The summed E-state index contributed by atoms with van der Waals surface area (Å²) in [6.45, 7) is -0.0843. The monoisotopic (exact) mass is 360 g/mol. The number of nitrogens with zero attached hydrogens (tertiary/aromatic N) is 1. The van der Waals surface area contributed by atoms with Crippen molar-refractivity contribution in [2.75, 3.05) is 0 Å². The van der Waals surface area contributed by atoms with Crippen molar-refractivity contribution in [3.8, 4) is 0 Å². The Hall–Kier alpha value is -1.71. The quantitative estimate of drug-likeness (QED) is 0.651. The summed E-state index contributed by atoms with van der Waals surface area (Å²) in [6.07, 6.45) is 1.41. The van der Waals surface area contributed by atoms with Gasteiger partial charge in [0, 0.05) is 10.5 Å². The molecule has 20 heavy (non-hydrogen) atoms. The Kier molecular flexibility index (Phi) is 4.21. The molecule has 2 aromatic rings. The van der Waals surface area contributed by atoms with E-state index in [9.17, 15) is 18.5 Å². The van der Waals surface area contributed by atoms with Crippen LogP contribution in [0.25, 0.3) is 0 Å². The first-order chi connectivity index (χ1) is 9.40. The van der Waals surface area contributed by atoms with Gasteiger partial charge >= 0.3 is 0 Å². The van der Waals surface area contributed by atoms with Crippen LogP contribution in [0.2, 0.25) is 0 Å². The molecule has 0 amide bonds. The van der Waals surface area contributed by atoms with Gasteiger partial charge in [-0.3, -0.25) is 10.1 Å². The van der Waals surface area contributed by atoms with Gasteiger partial charge in [0.25, 0.3) is 5.69 Å². The molecular formula is C11H9BrN2O5S. The van der Waals surface area contributed by atoms with E-state index in [0.29, 0.717) is 10.2 Å². The average molecular weight is 361 g/mol. The zero-order valence-corrected chi connectivity index (χ0v) is 12.3. The van der Waals surface area contributed by atoms with E-state index in [1.165, 1.54) is 18.4 Å². The highest BCUT2D eigenvalue weighted by Gasteiger charge is 2.25. The van der Waals surface area contributed by atoms with Gasteiger partial charge in [0.05, 0.1) is 17.7 Å². The number of hydrogen-bond donors (Lipinski definition) is 1. The predicted octanol–water partition coefficient (Wildman–Crippen LogP) is 2.43. The molecule has 0 saturated heterocycles. The van der Waals surface area contributed by atoms with E-state index in [0.717, 1.165) is 6.07 Å². The third kappa shape index (κ3) is 3.24. The highest BCUT2D eigenvalue weighted by molar-refractivity contribution is 9.10. The molecule has 9 heteroatoms. The zero-order chi connectivity index (χ0) is 14.8. The lowest BCUT2D eigenvalue weighted by atomic mass is 10.3. The molecule has 1 aromatic heterocycles. The van der Waals surface area contributed by atoms with Crippen molar-refractivity contribution < 1.29 is 17.8 Å². The summed E-state index contributed by atoms with van der Waals surface area (Å²) in [5, 5.41) is 10.9. The standard InChI is InChI=1S/C11H9BrN2O5S/c12-8-3-4-10(14(15)16)11(6-8)20(17,18)13-7-9-2-1-5-19-9/h1-6,13H,7H2. The van der Waals surface area contributed by atoms with Gasteiger partial charge in [-0.1, -0.05) is 15.9 Å². The van der Waals surface area contributed by atoms with Gasteiger partial charge in [0.1, 0.15) is 5.76 Å². The van der Waals surface area contributed by atoms with Crippen molar-refractivity contribution in [3.63, 3.8) is 0 Å². The van der Waals surface area contributed by atoms with Crippen molar-refractivity contribution in [3.05, 3.63) is 56.9 Å². The van der Waals surface area contributed by atoms with E-state index in [1.807, 2.05) is 0 Å². The van der Waals surface area contributed by atoms with Crippen LogP contribution in [0, 0.1) is 10.1 Å². The van der Waals surface area contributed by atoms with Gasteiger partial charge in [0.15, 0.2) is 4.90 Å². The first-order valence-corrected chi connectivity index (χ1v) is 7.64. The van der Waals surface area contributed by atoms with Crippen LogP contribution >= 0.6 is 15.9 Å². The SMILES string of the molecule is O=[N+]([O-])c1ccc(Br)cc1S(=O)(=O)NCc1ccco1. The topological polar surface area (TPSA) is 102 Å². The van der Waals surface area contributed by atoms with Gasteiger partial charge in [-0.2, -0.15) is 0 Å². The summed E-state index contributed by atoms with van der Waals surface area (Å²) < 4.78 is 31.9. The van der Waals surface area contributed by atoms with Crippen LogP contribution in [0.5, 0.6) is 0 Å². The lowest BCUT2D eigenvalue weighted by Gasteiger charge is -2.06. The zero-order valence-electron chi connectivity index (χ0n) is 9.95. The Balaban J connectivity index is 2.33. The fourth-order valence-electron chi connectivity index (χ4n) is 1.51. The van der Waals surface area contributed by atoms with Crippen molar-refractivity contribution in [2.24, 2.45) is 0 Å². The molecule has 7 nitrogen and oxygen atoms in total. The van der Waals surface area contributed by atoms with Gasteiger partial charge < -0.3 is 4.42 Å². The molecule has 0 aliphatic rings. The number of sulfonamides is 1. The lowest BCUT2D eigenvalue weighted by molar-refractivity contribution is -0.387. The van der Waals surface area contributed by atoms with E-state index in [2.05, 4.69) is 20.7 Å². The van der Waals surface area contributed by atoms with Crippen LogP contribution < -0.4 is 4.72 Å². The third-order valence-electron chi connectivity index (χ3n) is 2.42. The third-order valence-corrected chi connectivity index (χ3v) is 4.35. The maximum atomic E-state index is 12.1. The second kappa shape index (κ2) is 5.73. The molecule has 0 spiro atoms. The number of rotatable bonds is 5. The second-order valence-corrected chi connectivity index (χ2v) is 6.42. The molecule has 2 rings (SSSR count). The number of halogens is 1. The minimum atomic E-state index is -4.02. The van der Waals surface area contributed by atoms with E-state index in [-0.39, 0.29) is 6.54 Å². The molecular weight excluding hydrogens is 352 g/mol. The Bertz CT molecular complexity index is 727. The van der Waals surface area contributed by atoms with Gasteiger partial charge in [-0.15, -0.1) is 0 Å². The van der Waals surface area contributed by atoms with Crippen LogP contribution in [-0.2, 0) is 16.6 Å². The van der Waals surface area contributed by atoms with Crippen molar-refractivity contribution >= 4 is 31.6 Å². The maximum absolute atomic E-state index is 12.1. The lowest BCUT2D eigenvalue weighted by Crippen LogP contribution is -2.23. The van der Waals surface area contributed by atoms with Gasteiger partial charge in [-0.05, 0) is 24.3 Å². The molecule has 0 fully saturated rings.